The average Bonchev–Trinajstić information content (AvgIpc) is 2.21. The number of hydrogen-bond donors (Lipinski definition) is 0. The van der Waals surface area contributed by atoms with Gasteiger partial charge in [0.05, 0.1) is 0 Å². The predicted molar refractivity (Wildman–Crippen MR) is 57.4 cm³/mol. The number of ketones is 1. The molecule has 1 radical (unpaired) electrons. The molecular weight excluding hydrogens is 196 g/mol. The van der Waals surface area contributed by atoms with E-state index in [-0.39, 0.29) is 5.78 Å². The Balaban J connectivity index is 2.08. The van der Waals surface area contributed by atoms with Gasteiger partial charge in [-0.05, 0) is 36.5 Å². The maximum Gasteiger partial charge on any atom is 0.136 e. The van der Waals surface area contributed by atoms with E-state index in [0.717, 1.165) is 17.9 Å². The molecule has 1 aromatic rings. The van der Waals surface area contributed by atoms with Crippen LogP contribution in [0.15, 0.2) is 24.3 Å². The lowest BCUT2D eigenvalue weighted by Crippen LogP contribution is -2.12. The summed E-state index contributed by atoms with van der Waals surface area (Å²) in [5.41, 5.74) is 1.29. The molecule has 2 heteroatoms. The first-order valence-electron chi connectivity index (χ1n) is 4.87. The van der Waals surface area contributed by atoms with Crippen LogP contribution in [0.2, 0.25) is 5.02 Å². The summed E-state index contributed by atoms with van der Waals surface area (Å²) in [6, 6.07) is 7.92. The van der Waals surface area contributed by atoms with E-state index in [1.54, 1.807) is 0 Å². The number of halogens is 1. The first kappa shape index (κ1) is 9.72. The summed E-state index contributed by atoms with van der Waals surface area (Å²) in [7, 11) is 0. The van der Waals surface area contributed by atoms with Gasteiger partial charge >= 0.3 is 0 Å². The highest BCUT2D eigenvalue weighted by molar-refractivity contribution is 6.30. The summed E-state index contributed by atoms with van der Waals surface area (Å²) in [5, 5.41) is 0.768. The van der Waals surface area contributed by atoms with Crippen LogP contribution in [0.1, 0.15) is 30.7 Å². The van der Waals surface area contributed by atoms with Crippen molar-refractivity contribution in [3.05, 3.63) is 41.3 Å². The number of Topliss-reactive ketones (excluding diaryl/α,β-unsaturated/α-hetero) is 1. The van der Waals surface area contributed by atoms with Crippen molar-refractivity contribution in [2.24, 2.45) is 0 Å². The van der Waals surface area contributed by atoms with Crippen LogP contribution in [0, 0.1) is 6.42 Å². The Kier molecular flexibility index (Phi) is 2.87. The molecule has 0 heterocycles. The van der Waals surface area contributed by atoms with E-state index in [0.29, 0.717) is 12.3 Å². The average molecular weight is 208 g/mol. The largest absolute Gasteiger partial charge is 0.299 e. The maximum absolute atomic E-state index is 11.0. The third-order valence-electron chi connectivity index (χ3n) is 2.71. The molecule has 0 spiro atoms. The topological polar surface area (TPSA) is 17.1 Å². The van der Waals surface area contributed by atoms with Gasteiger partial charge in [-0.15, -0.1) is 0 Å². The Bertz CT molecular complexity index is 319. The zero-order chi connectivity index (χ0) is 9.97. The lowest BCUT2D eigenvalue weighted by Gasteiger charge is -2.20. The van der Waals surface area contributed by atoms with Gasteiger partial charge in [0.25, 0.3) is 0 Å². The Labute approximate surface area is 89.1 Å². The van der Waals surface area contributed by atoms with Crippen molar-refractivity contribution in [1.82, 2.24) is 0 Å². The van der Waals surface area contributed by atoms with Gasteiger partial charge in [0.15, 0.2) is 0 Å². The molecule has 14 heavy (non-hydrogen) atoms. The molecule has 0 bridgehead atoms. The Morgan fingerprint density at radius 2 is 1.93 bits per heavy atom. The lowest BCUT2D eigenvalue weighted by molar-refractivity contribution is -0.117. The molecule has 0 aromatic heterocycles. The van der Waals surface area contributed by atoms with Crippen LogP contribution in [0.5, 0.6) is 0 Å². The van der Waals surface area contributed by atoms with Crippen molar-refractivity contribution in [2.75, 3.05) is 0 Å². The first-order valence-corrected chi connectivity index (χ1v) is 5.25. The van der Waals surface area contributed by atoms with Crippen LogP contribution in [0.4, 0.5) is 0 Å². The Morgan fingerprint density at radius 1 is 1.21 bits per heavy atom. The van der Waals surface area contributed by atoms with E-state index in [1.165, 1.54) is 5.56 Å². The number of hydrogen-bond acceptors (Lipinski definition) is 1. The minimum Gasteiger partial charge on any atom is -0.299 e. The second-order valence-electron chi connectivity index (χ2n) is 3.69. The standard InChI is InChI=1S/C12H12ClO/c13-11-5-1-9(2-6-11)10-3-7-12(14)8-4-10/h1-2,5-7,10H,3-4,8H2. The minimum absolute atomic E-state index is 0.287. The molecule has 1 atom stereocenters. The molecule has 0 saturated heterocycles. The minimum atomic E-state index is 0.287. The van der Waals surface area contributed by atoms with E-state index >= 15 is 0 Å². The molecule has 1 nitrogen and oxygen atoms in total. The van der Waals surface area contributed by atoms with Crippen LogP contribution in [-0.2, 0) is 4.79 Å². The highest BCUT2D eigenvalue weighted by Gasteiger charge is 2.19. The van der Waals surface area contributed by atoms with Crippen LogP contribution in [0.25, 0.3) is 0 Å². The summed E-state index contributed by atoms with van der Waals surface area (Å²) in [4.78, 5) is 11.0. The molecule has 0 N–H and O–H groups in total. The molecule has 1 unspecified atom stereocenters. The summed E-state index contributed by atoms with van der Waals surface area (Å²) < 4.78 is 0. The van der Waals surface area contributed by atoms with Gasteiger partial charge in [0.1, 0.15) is 5.78 Å². The molecule has 1 saturated carbocycles. The van der Waals surface area contributed by atoms with Crippen molar-refractivity contribution >= 4 is 17.4 Å². The van der Waals surface area contributed by atoms with Crippen molar-refractivity contribution in [3.63, 3.8) is 0 Å². The third-order valence-corrected chi connectivity index (χ3v) is 2.96. The maximum atomic E-state index is 11.0. The molecule has 0 aliphatic heterocycles. The summed E-state index contributed by atoms with van der Waals surface area (Å²) in [6.45, 7) is 0. The predicted octanol–water partition coefficient (Wildman–Crippen LogP) is 3.38. The number of carbonyl (C=O) groups excluding carboxylic acids is 1. The highest BCUT2D eigenvalue weighted by Crippen LogP contribution is 2.31. The number of carbonyl (C=O) groups is 1. The summed E-state index contributed by atoms with van der Waals surface area (Å²) in [6.07, 6.45) is 4.34. The van der Waals surface area contributed by atoms with Crippen molar-refractivity contribution in [1.29, 1.82) is 0 Å². The fourth-order valence-corrected chi connectivity index (χ4v) is 1.97. The molecule has 2 rings (SSSR count). The van der Waals surface area contributed by atoms with Crippen LogP contribution < -0.4 is 0 Å². The van der Waals surface area contributed by atoms with Gasteiger partial charge in [-0.25, -0.2) is 0 Å². The quantitative estimate of drug-likeness (QED) is 0.690. The third kappa shape index (κ3) is 2.16. The van der Waals surface area contributed by atoms with Gasteiger partial charge in [-0.3, -0.25) is 4.79 Å². The van der Waals surface area contributed by atoms with Crippen molar-refractivity contribution in [3.8, 4) is 0 Å². The van der Waals surface area contributed by atoms with E-state index in [1.807, 2.05) is 18.6 Å². The van der Waals surface area contributed by atoms with Crippen LogP contribution in [0.3, 0.4) is 0 Å². The second kappa shape index (κ2) is 4.14. The van der Waals surface area contributed by atoms with Crippen LogP contribution >= 0.6 is 11.6 Å². The van der Waals surface area contributed by atoms with Gasteiger partial charge in [-0.2, -0.15) is 0 Å². The number of rotatable bonds is 1. The fourth-order valence-electron chi connectivity index (χ4n) is 1.85. The zero-order valence-corrected chi connectivity index (χ0v) is 8.63. The van der Waals surface area contributed by atoms with E-state index in [9.17, 15) is 4.79 Å². The Hall–Kier alpha value is -0.820. The van der Waals surface area contributed by atoms with Gasteiger partial charge in [-0.1, -0.05) is 23.7 Å². The van der Waals surface area contributed by atoms with Gasteiger partial charge in [0, 0.05) is 17.9 Å². The monoisotopic (exact) mass is 207 g/mol. The van der Waals surface area contributed by atoms with Crippen molar-refractivity contribution < 1.29 is 4.79 Å². The van der Waals surface area contributed by atoms with Crippen molar-refractivity contribution in [2.45, 2.75) is 25.2 Å². The van der Waals surface area contributed by atoms with Gasteiger partial charge < -0.3 is 0 Å². The molecule has 1 aromatic carbocycles. The zero-order valence-electron chi connectivity index (χ0n) is 7.87. The van der Waals surface area contributed by atoms with E-state index < -0.39 is 0 Å². The van der Waals surface area contributed by atoms with Crippen LogP contribution in [-0.4, -0.2) is 5.78 Å². The molecule has 73 valence electrons. The molecule has 0 amide bonds. The summed E-state index contributed by atoms with van der Waals surface area (Å²) in [5.74, 6) is 0.792. The highest BCUT2D eigenvalue weighted by atomic mass is 35.5. The molecule has 1 fully saturated rings. The Morgan fingerprint density at radius 3 is 2.50 bits per heavy atom. The second-order valence-corrected chi connectivity index (χ2v) is 4.13. The van der Waals surface area contributed by atoms with E-state index in [4.69, 9.17) is 11.6 Å². The summed E-state index contributed by atoms with van der Waals surface area (Å²) >= 11 is 5.81. The molecule has 1 aliphatic carbocycles. The smallest absolute Gasteiger partial charge is 0.136 e. The number of benzene rings is 1. The molecular formula is C12H12ClO. The fraction of sp³-hybridized carbons (Fsp3) is 0.333. The first-order chi connectivity index (χ1) is 6.75. The molecule has 1 aliphatic rings. The SMILES string of the molecule is O=C1[CH]CC(c2ccc(Cl)cc2)CC1. The lowest BCUT2D eigenvalue weighted by atomic mass is 9.83. The normalized spacial score (nSPS) is 18.5. The van der Waals surface area contributed by atoms with Gasteiger partial charge in [0.2, 0.25) is 0 Å². The van der Waals surface area contributed by atoms with E-state index in [2.05, 4.69) is 12.1 Å².